The highest BCUT2D eigenvalue weighted by atomic mass is 19.1. The number of benzene rings is 3. The van der Waals surface area contributed by atoms with Crippen molar-refractivity contribution in [2.75, 3.05) is 11.5 Å². The van der Waals surface area contributed by atoms with E-state index in [0.29, 0.717) is 34.6 Å². The molecule has 1 heterocycles. The fourth-order valence-corrected chi connectivity index (χ4v) is 5.02. The lowest BCUT2D eigenvalue weighted by molar-refractivity contribution is -0.127. The molecule has 0 spiro atoms. The maximum absolute atomic E-state index is 14.1. The van der Waals surface area contributed by atoms with E-state index in [2.05, 4.69) is 15.6 Å². The number of hydrogen-bond acceptors (Lipinski definition) is 5. The van der Waals surface area contributed by atoms with Gasteiger partial charge in [0.15, 0.2) is 0 Å². The van der Waals surface area contributed by atoms with Crippen molar-refractivity contribution >= 4 is 28.5 Å². The fraction of sp³-hybridized carbons (Fsp3) is 0.310. The Balaban J connectivity index is 1.60. The summed E-state index contributed by atoms with van der Waals surface area (Å²) in [7, 11) is 0. The van der Waals surface area contributed by atoms with Gasteiger partial charge < -0.3 is 10.1 Å². The number of fused-ring (bicyclic) bond motifs is 1. The van der Waals surface area contributed by atoms with E-state index in [0.717, 1.165) is 25.7 Å². The van der Waals surface area contributed by atoms with Gasteiger partial charge in [-0.3, -0.25) is 14.5 Å². The molecule has 1 atom stereocenters. The van der Waals surface area contributed by atoms with Crippen molar-refractivity contribution in [3.8, 4) is 5.75 Å². The van der Waals surface area contributed by atoms with Gasteiger partial charge in [0.1, 0.15) is 29.7 Å². The maximum atomic E-state index is 14.1. The Morgan fingerprint density at radius 1 is 1.05 bits per heavy atom. The number of carbonyl (C=O) groups is 2. The molecule has 1 aliphatic rings. The second-order valence-corrected chi connectivity index (χ2v) is 9.34. The normalized spacial score (nSPS) is 14.4. The second kappa shape index (κ2) is 11.4. The summed E-state index contributed by atoms with van der Waals surface area (Å²) in [4.78, 5) is 29.5. The van der Waals surface area contributed by atoms with Gasteiger partial charge in [0.2, 0.25) is 11.8 Å². The Bertz CT molecular complexity index is 1420. The molecule has 0 bridgehead atoms. The molecule has 2 amide bonds. The van der Waals surface area contributed by atoms with E-state index >= 15 is 0 Å². The van der Waals surface area contributed by atoms with Crippen molar-refractivity contribution in [3.63, 3.8) is 0 Å². The standard InChI is InChI=1S/C29H30FN5O3/c1-2-38-26-14-8-5-11-23(26)28(29(37)31-21-9-3-4-10-21)35(22-17-15-20(30)16-18-22)27(36)19-34-25-13-7-6-12-24(25)32-33-34/h5-8,11-18,21,28H,2-4,9-10,19H2,1H3,(H,31,37)/t28-/m0/s1. The largest absolute Gasteiger partial charge is 0.493 e. The second-order valence-electron chi connectivity index (χ2n) is 9.34. The Kier molecular flexibility index (Phi) is 7.62. The number of nitrogens with zero attached hydrogens (tertiary/aromatic N) is 4. The van der Waals surface area contributed by atoms with E-state index in [4.69, 9.17) is 4.74 Å². The molecule has 3 aromatic carbocycles. The summed E-state index contributed by atoms with van der Waals surface area (Å²) in [6.07, 6.45) is 3.87. The number of halogens is 1. The molecular formula is C29H30FN5O3. The van der Waals surface area contributed by atoms with Gasteiger partial charge in [-0.2, -0.15) is 0 Å². The monoisotopic (exact) mass is 515 g/mol. The van der Waals surface area contributed by atoms with E-state index in [1.807, 2.05) is 43.3 Å². The minimum atomic E-state index is -1.05. The Morgan fingerprint density at radius 3 is 2.53 bits per heavy atom. The van der Waals surface area contributed by atoms with E-state index in [9.17, 15) is 14.0 Å². The van der Waals surface area contributed by atoms with Gasteiger partial charge in [0, 0.05) is 17.3 Å². The predicted octanol–water partition coefficient (Wildman–Crippen LogP) is 4.80. The first kappa shape index (κ1) is 25.4. The molecule has 0 radical (unpaired) electrons. The number of ether oxygens (including phenoxy) is 1. The molecule has 38 heavy (non-hydrogen) atoms. The van der Waals surface area contributed by atoms with E-state index in [-0.39, 0.29) is 18.5 Å². The molecular weight excluding hydrogens is 485 g/mol. The highest BCUT2D eigenvalue weighted by Crippen LogP contribution is 2.35. The summed E-state index contributed by atoms with van der Waals surface area (Å²) in [5.41, 5.74) is 2.29. The van der Waals surface area contributed by atoms with Gasteiger partial charge in [-0.1, -0.05) is 48.4 Å². The molecule has 196 valence electrons. The topological polar surface area (TPSA) is 89.4 Å². The number of nitrogens with one attached hydrogen (secondary N) is 1. The Labute approximate surface area is 220 Å². The van der Waals surface area contributed by atoms with Gasteiger partial charge in [-0.25, -0.2) is 9.07 Å². The van der Waals surface area contributed by atoms with Crippen molar-refractivity contribution < 1.29 is 18.7 Å². The predicted molar refractivity (Wildman–Crippen MR) is 142 cm³/mol. The van der Waals surface area contributed by atoms with Crippen molar-refractivity contribution in [3.05, 3.63) is 84.2 Å². The highest BCUT2D eigenvalue weighted by molar-refractivity contribution is 6.02. The van der Waals surface area contributed by atoms with Crippen molar-refractivity contribution in [2.45, 2.75) is 51.2 Å². The molecule has 9 heteroatoms. The van der Waals surface area contributed by atoms with E-state index < -0.39 is 17.8 Å². The minimum Gasteiger partial charge on any atom is -0.493 e. The number of amides is 2. The van der Waals surface area contributed by atoms with Gasteiger partial charge in [-0.05, 0) is 62.2 Å². The number of para-hydroxylation sites is 2. The van der Waals surface area contributed by atoms with Crippen LogP contribution < -0.4 is 15.0 Å². The van der Waals surface area contributed by atoms with Crippen LogP contribution in [0.4, 0.5) is 10.1 Å². The summed E-state index contributed by atoms with van der Waals surface area (Å²) in [6, 6.07) is 19.1. The van der Waals surface area contributed by atoms with Crippen molar-refractivity contribution in [2.24, 2.45) is 0 Å². The van der Waals surface area contributed by atoms with Gasteiger partial charge >= 0.3 is 0 Å². The zero-order valence-electron chi connectivity index (χ0n) is 21.2. The van der Waals surface area contributed by atoms with Crippen LogP contribution in [0.5, 0.6) is 5.75 Å². The van der Waals surface area contributed by atoms with Crippen LogP contribution in [0.1, 0.15) is 44.2 Å². The number of hydrogen-bond donors (Lipinski definition) is 1. The molecule has 0 saturated heterocycles. The summed E-state index contributed by atoms with van der Waals surface area (Å²) in [5.74, 6) is -0.645. The fourth-order valence-electron chi connectivity index (χ4n) is 5.02. The Hall–Kier alpha value is -4.27. The summed E-state index contributed by atoms with van der Waals surface area (Å²) < 4.78 is 21.3. The minimum absolute atomic E-state index is 0.0358. The summed E-state index contributed by atoms with van der Waals surface area (Å²) in [6.45, 7) is 2.09. The lowest BCUT2D eigenvalue weighted by atomic mass is 10.0. The third-order valence-electron chi connectivity index (χ3n) is 6.80. The van der Waals surface area contributed by atoms with Gasteiger partial charge in [-0.15, -0.1) is 5.10 Å². The lowest BCUT2D eigenvalue weighted by Gasteiger charge is -2.33. The first-order chi connectivity index (χ1) is 18.5. The Morgan fingerprint density at radius 2 is 1.76 bits per heavy atom. The molecule has 1 saturated carbocycles. The zero-order valence-corrected chi connectivity index (χ0v) is 21.2. The molecule has 0 unspecified atom stereocenters. The van der Waals surface area contributed by atoms with Crippen LogP contribution in [0.15, 0.2) is 72.8 Å². The number of rotatable bonds is 9. The lowest BCUT2D eigenvalue weighted by Crippen LogP contribution is -2.47. The van der Waals surface area contributed by atoms with Crippen LogP contribution in [0.25, 0.3) is 11.0 Å². The molecule has 0 aliphatic heterocycles. The van der Waals surface area contributed by atoms with Crippen molar-refractivity contribution in [1.82, 2.24) is 20.3 Å². The average molecular weight is 516 g/mol. The molecule has 1 fully saturated rings. The quantitative estimate of drug-likeness (QED) is 0.346. The number of aromatic nitrogens is 3. The molecule has 8 nitrogen and oxygen atoms in total. The molecule has 5 rings (SSSR count). The maximum Gasteiger partial charge on any atom is 0.249 e. The average Bonchev–Trinajstić information content (AvgIpc) is 3.59. The first-order valence-corrected chi connectivity index (χ1v) is 12.9. The summed E-state index contributed by atoms with van der Waals surface area (Å²) in [5, 5.41) is 11.5. The smallest absolute Gasteiger partial charge is 0.249 e. The van der Waals surface area contributed by atoms with E-state index in [1.165, 1.54) is 33.8 Å². The van der Waals surface area contributed by atoms with Gasteiger partial charge in [0.25, 0.3) is 0 Å². The molecule has 1 N–H and O–H groups in total. The highest BCUT2D eigenvalue weighted by Gasteiger charge is 2.36. The number of carbonyl (C=O) groups excluding carboxylic acids is 2. The van der Waals surface area contributed by atoms with Crippen LogP contribution in [0.2, 0.25) is 0 Å². The zero-order chi connectivity index (χ0) is 26.5. The molecule has 4 aromatic rings. The van der Waals surface area contributed by atoms with Crippen LogP contribution in [0.3, 0.4) is 0 Å². The third-order valence-corrected chi connectivity index (χ3v) is 6.80. The first-order valence-electron chi connectivity index (χ1n) is 12.9. The van der Waals surface area contributed by atoms with Crippen LogP contribution in [0, 0.1) is 5.82 Å². The van der Waals surface area contributed by atoms with E-state index in [1.54, 1.807) is 12.1 Å². The summed E-state index contributed by atoms with van der Waals surface area (Å²) >= 11 is 0. The molecule has 1 aliphatic carbocycles. The van der Waals surface area contributed by atoms with Crippen LogP contribution in [-0.4, -0.2) is 39.5 Å². The van der Waals surface area contributed by atoms with Crippen molar-refractivity contribution in [1.29, 1.82) is 0 Å². The number of anilines is 1. The third kappa shape index (κ3) is 5.37. The van der Waals surface area contributed by atoms with Crippen LogP contribution in [-0.2, 0) is 16.1 Å². The van der Waals surface area contributed by atoms with Gasteiger partial charge in [0.05, 0.1) is 12.1 Å². The van der Waals surface area contributed by atoms with Crippen LogP contribution >= 0.6 is 0 Å². The molecule has 1 aromatic heterocycles. The SMILES string of the molecule is CCOc1ccccc1[C@@H](C(=O)NC1CCCC1)N(C(=O)Cn1nnc2ccccc21)c1ccc(F)cc1.